The maximum absolute atomic E-state index is 12.9. The SMILES string of the molecule is CC(C)(C)[C@@H]1CCc2c(sc(NC(=O)c3ccc(-c4cc(Cl)ccc4Cl)o3)c2C(N)=O)C1. The normalized spacial score (nSPS) is 16.0. The first kappa shape index (κ1) is 22.9. The fourth-order valence-electron chi connectivity index (χ4n) is 4.13. The molecule has 32 heavy (non-hydrogen) atoms. The summed E-state index contributed by atoms with van der Waals surface area (Å²) in [6.07, 6.45) is 2.64. The Hall–Kier alpha value is -2.28. The molecule has 3 aromatic rings. The van der Waals surface area contributed by atoms with Crippen molar-refractivity contribution in [2.45, 2.75) is 40.0 Å². The molecule has 1 aliphatic rings. The minimum atomic E-state index is -0.530. The van der Waals surface area contributed by atoms with Crippen molar-refractivity contribution in [2.24, 2.45) is 17.1 Å². The Kier molecular flexibility index (Phi) is 6.14. The lowest BCUT2D eigenvalue weighted by Gasteiger charge is -2.33. The van der Waals surface area contributed by atoms with E-state index in [4.69, 9.17) is 33.4 Å². The number of hydrogen-bond donors (Lipinski definition) is 2. The highest BCUT2D eigenvalue weighted by atomic mass is 35.5. The zero-order chi connectivity index (χ0) is 23.2. The Balaban J connectivity index is 1.61. The second-order valence-corrected chi connectivity index (χ2v) is 11.1. The molecule has 1 aliphatic carbocycles. The number of benzene rings is 1. The van der Waals surface area contributed by atoms with Crippen molar-refractivity contribution in [1.29, 1.82) is 0 Å². The van der Waals surface area contributed by atoms with Crippen LogP contribution in [0.2, 0.25) is 10.0 Å². The van der Waals surface area contributed by atoms with E-state index in [1.807, 2.05) is 0 Å². The van der Waals surface area contributed by atoms with Crippen molar-refractivity contribution in [3.63, 3.8) is 0 Å². The fourth-order valence-corrected chi connectivity index (χ4v) is 5.84. The molecule has 168 valence electrons. The van der Waals surface area contributed by atoms with Crippen LogP contribution in [0.1, 0.15) is 58.5 Å². The maximum atomic E-state index is 12.9. The highest BCUT2D eigenvalue weighted by molar-refractivity contribution is 7.17. The van der Waals surface area contributed by atoms with Gasteiger partial charge in [-0.15, -0.1) is 11.3 Å². The molecule has 5 nitrogen and oxygen atoms in total. The molecule has 4 rings (SSSR count). The quantitative estimate of drug-likeness (QED) is 0.420. The van der Waals surface area contributed by atoms with Gasteiger partial charge >= 0.3 is 0 Å². The van der Waals surface area contributed by atoms with E-state index < -0.39 is 11.8 Å². The number of fused-ring (bicyclic) bond motifs is 1. The summed E-state index contributed by atoms with van der Waals surface area (Å²) in [5.74, 6) is 0.0513. The van der Waals surface area contributed by atoms with Gasteiger partial charge in [-0.05, 0) is 66.5 Å². The third-order valence-corrected chi connectivity index (χ3v) is 7.72. The van der Waals surface area contributed by atoms with Crippen LogP contribution in [0.25, 0.3) is 11.3 Å². The van der Waals surface area contributed by atoms with Crippen molar-refractivity contribution >= 4 is 51.4 Å². The van der Waals surface area contributed by atoms with Gasteiger partial charge in [0.05, 0.1) is 10.6 Å². The monoisotopic (exact) mass is 490 g/mol. The number of carbonyl (C=O) groups is 2. The van der Waals surface area contributed by atoms with Gasteiger partial charge in [0.1, 0.15) is 10.8 Å². The van der Waals surface area contributed by atoms with Crippen LogP contribution in [0.3, 0.4) is 0 Å². The average Bonchev–Trinajstić information content (AvgIpc) is 3.33. The Bertz CT molecular complexity index is 1210. The summed E-state index contributed by atoms with van der Waals surface area (Å²) in [6, 6.07) is 8.25. The van der Waals surface area contributed by atoms with Crippen LogP contribution in [0.4, 0.5) is 5.00 Å². The summed E-state index contributed by atoms with van der Waals surface area (Å²) in [5, 5.41) is 4.28. The lowest BCUT2D eigenvalue weighted by atomic mass is 9.72. The summed E-state index contributed by atoms with van der Waals surface area (Å²) < 4.78 is 5.74. The molecule has 0 fully saturated rings. The molecule has 2 amide bonds. The number of halogens is 2. The van der Waals surface area contributed by atoms with E-state index in [1.165, 1.54) is 11.3 Å². The molecule has 0 spiro atoms. The number of primary amides is 1. The number of rotatable bonds is 4. The number of anilines is 1. The zero-order valence-electron chi connectivity index (χ0n) is 18.1. The minimum Gasteiger partial charge on any atom is -0.451 e. The van der Waals surface area contributed by atoms with Gasteiger partial charge in [-0.25, -0.2) is 0 Å². The molecule has 0 unspecified atom stereocenters. The van der Waals surface area contributed by atoms with Crippen LogP contribution in [0.15, 0.2) is 34.7 Å². The molecule has 0 radical (unpaired) electrons. The number of nitrogens with one attached hydrogen (secondary N) is 1. The summed E-state index contributed by atoms with van der Waals surface area (Å²) in [5.41, 5.74) is 7.83. The average molecular weight is 491 g/mol. The third kappa shape index (κ3) is 4.45. The summed E-state index contributed by atoms with van der Waals surface area (Å²) in [6.45, 7) is 6.69. The smallest absolute Gasteiger partial charge is 0.292 e. The first-order chi connectivity index (χ1) is 15.0. The van der Waals surface area contributed by atoms with Gasteiger partial charge in [0.15, 0.2) is 5.76 Å². The lowest BCUT2D eigenvalue weighted by molar-refractivity contribution is 0.0997. The van der Waals surface area contributed by atoms with Crippen LogP contribution in [-0.4, -0.2) is 11.8 Å². The highest BCUT2D eigenvalue weighted by Gasteiger charge is 2.33. The van der Waals surface area contributed by atoms with E-state index in [1.54, 1.807) is 30.3 Å². The van der Waals surface area contributed by atoms with E-state index in [0.717, 1.165) is 29.7 Å². The Morgan fingerprint density at radius 3 is 2.62 bits per heavy atom. The fraction of sp³-hybridized carbons (Fsp3) is 0.333. The summed E-state index contributed by atoms with van der Waals surface area (Å²) >= 11 is 13.7. The van der Waals surface area contributed by atoms with Gasteiger partial charge in [0.2, 0.25) is 0 Å². The Morgan fingerprint density at radius 2 is 1.94 bits per heavy atom. The Labute approximate surface area is 200 Å². The molecular formula is C24H24Cl2N2O3S. The molecule has 8 heteroatoms. The van der Waals surface area contributed by atoms with Crippen LogP contribution < -0.4 is 11.1 Å². The lowest BCUT2D eigenvalue weighted by Crippen LogP contribution is -2.27. The van der Waals surface area contributed by atoms with Crippen LogP contribution in [-0.2, 0) is 12.8 Å². The van der Waals surface area contributed by atoms with Crippen LogP contribution in [0.5, 0.6) is 0 Å². The molecule has 2 heterocycles. The second-order valence-electron chi connectivity index (χ2n) is 9.12. The van der Waals surface area contributed by atoms with Crippen molar-refractivity contribution in [2.75, 3.05) is 5.32 Å². The van der Waals surface area contributed by atoms with E-state index in [0.29, 0.717) is 37.9 Å². The molecule has 2 aromatic heterocycles. The summed E-state index contributed by atoms with van der Waals surface area (Å²) in [7, 11) is 0. The van der Waals surface area contributed by atoms with Gasteiger partial charge in [-0.3, -0.25) is 9.59 Å². The molecule has 0 aliphatic heterocycles. The third-order valence-electron chi connectivity index (χ3n) is 5.99. The van der Waals surface area contributed by atoms with Crippen molar-refractivity contribution in [3.05, 3.63) is 62.1 Å². The van der Waals surface area contributed by atoms with Crippen LogP contribution in [0, 0.1) is 11.3 Å². The van der Waals surface area contributed by atoms with Gasteiger partial charge in [-0.1, -0.05) is 44.0 Å². The molecule has 0 saturated heterocycles. The van der Waals surface area contributed by atoms with Gasteiger partial charge < -0.3 is 15.5 Å². The predicted octanol–water partition coefficient (Wildman–Crippen LogP) is 6.82. The number of carbonyl (C=O) groups excluding carboxylic acids is 2. The zero-order valence-corrected chi connectivity index (χ0v) is 20.4. The van der Waals surface area contributed by atoms with Gasteiger partial charge in [-0.2, -0.15) is 0 Å². The van der Waals surface area contributed by atoms with Gasteiger partial charge in [0.25, 0.3) is 11.8 Å². The summed E-state index contributed by atoms with van der Waals surface area (Å²) in [4.78, 5) is 26.3. The number of furan rings is 1. The van der Waals surface area contributed by atoms with Crippen molar-refractivity contribution in [3.8, 4) is 11.3 Å². The highest BCUT2D eigenvalue weighted by Crippen LogP contribution is 2.44. The van der Waals surface area contributed by atoms with E-state index in [-0.39, 0.29) is 11.2 Å². The minimum absolute atomic E-state index is 0.102. The molecule has 3 N–H and O–H groups in total. The number of amides is 2. The number of hydrogen-bond acceptors (Lipinski definition) is 4. The van der Waals surface area contributed by atoms with E-state index in [9.17, 15) is 9.59 Å². The molecule has 0 saturated carbocycles. The number of nitrogens with two attached hydrogens (primary N) is 1. The number of thiophene rings is 1. The van der Waals surface area contributed by atoms with Crippen molar-refractivity contribution in [1.82, 2.24) is 0 Å². The first-order valence-electron chi connectivity index (χ1n) is 10.4. The van der Waals surface area contributed by atoms with Crippen LogP contribution >= 0.6 is 34.5 Å². The van der Waals surface area contributed by atoms with Crippen molar-refractivity contribution < 1.29 is 14.0 Å². The molecule has 1 aromatic carbocycles. The predicted molar refractivity (Wildman–Crippen MR) is 130 cm³/mol. The topological polar surface area (TPSA) is 85.3 Å². The molecule has 1 atom stereocenters. The largest absolute Gasteiger partial charge is 0.451 e. The molecule has 0 bridgehead atoms. The maximum Gasteiger partial charge on any atom is 0.292 e. The standard InChI is InChI=1S/C24H24Cl2N2O3S/c1-24(2,3)12-4-6-14-19(10-12)32-23(20(14)21(27)29)28-22(30)18-9-8-17(31-18)15-11-13(25)5-7-16(15)26/h5,7-9,11-12H,4,6,10H2,1-3H3,(H2,27,29)(H,28,30)/t12-/m1/s1. The second kappa shape index (κ2) is 8.58. The van der Waals surface area contributed by atoms with E-state index >= 15 is 0 Å². The Morgan fingerprint density at radius 1 is 1.19 bits per heavy atom. The van der Waals surface area contributed by atoms with Gasteiger partial charge in [0, 0.05) is 15.5 Å². The molecular weight excluding hydrogens is 467 g/mol. The first-order valence-corrected chi connectivity index (χ1v) is 11.9. The van der Waals surface area contributed by atoms with E-state index in [2.05, 4.69) is 26.1 Å².